The molecule has 0 heterocycles. The van der Waals surface area contributed by atoms with Crippen LogP contribution in [0.5, 0.6) is 0 Å². The lowest BCUT2D eigenvalue weighted by Gasteiger charge is -2.32. The number of amides is 1. The van der Waals surface area contributed by atoms with E-state index in [4.69, 9.17) is 0 Å². The first-order valence-corrected chi connectivity index (χ1v) is 6.82. The van der Waals surface area contributed by atoms with Gasteiger partial charge in [-0.3, -0.25) is 4.79 Å². The van der Waals surface area contributed by atoms with Crippen molar-refractivity contribution in [3.63, 3.8) is 0 Å². The minimum Gasteiger partial charge on any atom is -0.350 e. The van der Waals surface area contributed by atoms with Gasteiger partial charge in [-0.05, 0) is 53.1 Å². The fourth-order valence-corrected chi connectivity index (χ4v) is 1.74. The van der Waals surface area contributed by atoms with Crippen LogP contribution in [0.25, 0.3) is 0 Å². The summed E-state index contributed by atoms with van der Waals surface area (Å²) in [7, 11) is 1.80. The van der Waals surface area contributed by atoms with Crippen molar-refractivity contribution in [1.29, 1.82) is 0 Å². The Hall–Kier alpha value is -1.35. The molecule has 0 saturated heterocycles. The molecule has 106 valence electrons. The van der Waals surface area contributed by atoms with Gasteiger partial charge in [-0.2, -0.15) is 0 Å². The van der Waals surface area contributed by atoms with Crippen molar-refractivity contribution < 1.29 is 4.79 Å². The topological polar surface area (TPSA) is 41.1 Å². The summed E-state index contributed by atoms with van der Waals surface area (Å²) in [5, 5.41) is 6.14. The number of carbonyl (C=O) groups is 1. The number of likely N-dealkylation sites (N-methyl/N-ethyl adjacent to an activating group) is 1. The molecular weight excluding hydrogens is 236 g/mol. The molecule has 0 fully saturated rings. The maximum atomic E-state index is 12.1. The smallest absolute Gasteiger partial charge is 0.240 e. The molecule has 0 saturated carbocycles. The molecule has 0 spiro atoms. The Labute approximate surface area is 116 Å². The van der Waals surface area contributed by atoms with Crippen LogP contribution in [0, 0.1) is 0 Å². The van der Waals surface area contributed by atoms with Gasteiger partial charge in [0.2, 0.25) is 5.91 Å². The molecule has 0 atom stereocenters. The zero-order valence-corrected chi connectivity index (χ0v) is 12.7. The number of hydrogen-bond donors (Lipinski definition) is 2. The van der Waals surface area contributed by atoms with E-state index in [1.807, 2.05) is 32.0 Å². The highest BCUT2D eigenvalue weighted by atomic mass is 16.2. The third-order valence-corrected chi connectivity index (χ3v) is 3.53. The average Bonchev–Trinajstić information content (AvgIpc) is 2.37. The lowest BCUT2D eigenvalue weighted by atomic mass is 9.93. The van der Waals surface area contributed by atoms with E-state index >= 15 is 0 Å². The van der Waals surface area contributed by atoms with Crippen molar-refractivity contribution in [2.75, 3.05) is 7.05 Å². The Morgan fingerprint density at radius 1 is 1.11 bits per heavy atom. The van der Waals surface area contributed by atoms with E-state index in [-0.39, 0.29) is 11.4 Å². The van der Waals surface area contributed by atoms with Gasteiger partial charge in [0.15, 0.2) is 0 Å². The summed E-state index contributed by atoms with van der Waals surface area (Å²) in [4.78, 5) is 12.1. The van der Waals surface area contributed by atoms with Gasteiger partial charge in [0.05, 0.1) is 5.54 Å². The molecule has 0 aromatic heterocycles. The maximum Gasteiger partial charge on any atom is 0.240 e. The van der Waals surface area contributed by atoms with Crippen LogP contribution in [0.3, 0.4) is 0 Å². The molecule has 1 aromatic rings. The van der Waals surface area contributed by atoms with E-state index in [2.05, 4.69) is 36.6 Å². The second kappa shape index (κ2) is 6.20. The van der Waals surface area contributed by atoms with Gasteiger partial charge in [-0.1, -0.05) is 30.3 Å². The first-order chi connectivity index (χ1) is 8.77. The number of aryl methyl sites for hydroxylation is 1. The summed E-state index contributed by atoms with van der Waals surface area (Å²) in [6.45, 7) is 7.91. The van der Waals surface area contributed by atoms with Crippen LogP contribution < -0.4 is 10.6 Å². The van der Waals surface area contributed by atoms with Gasteiger partial charge in [0.25, 0.3) is 0 Å². The van der Waals surface area contributed by atoms with Crippen molar-refractivity contribution in [1.82, 2.24) is 10.6 Å². The molecule has 0 aliphatic carbocycles. The highest BCUT2D eigenvalue weighted by molar-refractivity contribution is 5.85. The third-order valence-electron chi connectivity index (χ3n) is 3.53. The van der Waals surface area contributed by atoms with E-state index in [0.29, 0.717) is 0 Å². The van der Waals surface area contributed by atoms with Gasteiger partial charge in [0.1, 0.15) is 0 Å². The van der Waals surface area contributed by atoms with Crippen LogP contribution in [-0.2, 0) is 11.2 Å². The van der Waals surface area contributed by atoms with Gasteiger partial charge in [-0.15, -0.1) is 0 Å². The SMILES string of the molecule is CNC(C)(C)C(=O)NC(C)(C)CCc1ccccc1. The maximum absolute atomic E-state index is 12.1. The summed E-state index contributed by atoms with van der Waals surface area (Å²) in [6.07, 6.45) is 1.89. The molecule has 0 bridgehead atoms. The quantitative estimate of drug-likeness (QED) is 0.827. The van der Waals surface area contributed by atoms with Crippen molar-refractivity contribution in [2.45, 2.75) is 51.6 Å². The van der Waals surface area contributed by atoms with Crippen molar-refractivity contribution in [3.8, 4) is 0 Å². The molecule has 1 aromatic carbocycles. The fraction of sp³-hybridized carbons (Fsp3) is 0.562. The Bertz CT molecular complexity index is 410. The normalized spacial score (nSPS) is 12.3. The molecule has 0 radical (unpaired) electrons. The van der Waals surface area contributed by atoms with Crippen LogP contribution in [0.15, 0.2) is 30.3 Å². The summed E-state index contributed by atoms with van der Waals surface area (Å²) in [5.41, 5.74) is 0.558. The summed E-state index contributed by atoms with van der Waals surface area (Å²) in [5.74, 6) is 0.0352. The van der Waals surface area contributed by atoms with E-state index in [1.165, 1.54) is 5.56 Å². The Kier molecular flexibility index (Phi) is 5.12. The number of hydrogen-bond acceptors (Lipinski definition) is 2. The first-order valence-electron chi connectivity index (χ1n) is 6.82. The average molecular weight is 262 g/mol. The molecule has 19 heavy (non-hydrogen) atoms. The molecular formula is C16H26N2O. The second-order valence-electron chi connectivity index (χ2n) is 6.20. The molecule has 0 unspecified atom stereocenters. The minimum atomic E-state index is -0.538. The van der Waals surface area contributed by atoms with Crippen molar-refractivity contribution in [3.05, 3.63) is 35.9 Å². The van der Waals surface area contributed by atoms with Gasteiger partial charge < -0.3 is 10.6 Å². The molecule has 0 aliphatic heterocycles. The van der Waals surface area contributed by atoms with Crippen LogP contribution in [-0.4, -0.2) is 24.0 Å². The van der Waals surface area contributed by atoms with Crippen LogP contribution >= 0.6 is 0 Å². The van der Waals surface area contributed by atoms with Gasteiger partial charge in [-0.25, -0.2) is 0 Å². The highest BCUT2D eigenvalue weighted by Crippen LogP contribution is 2.15. The van der Waals surface area contributed by atoms with Gasteiger partial charge >= 0.3 is 0 Å². The molecule has 1 amide bonds. The van der Waals surface area contributed by atoms with E-state index < -0.39 is 5.54 Å². The lowest BCUT2D eigenvalue weighted by Crippen LogP contribution is -2.56. The standard InChI is InChI=1S/C16H26N2O/c1-15(2,18-14(19)16(3,4)17-5)12-11-13-9-7-6-8-10-13/h6-10,17H,11-12H2,1-5H3,(H,18,19). The monoisotopic (exact) mass is 262 g/mol. The fourth-order valence-electron chi connectivity index (χ4n) is 1.74. The van der Waals surface area contributed by atoms with E-state index in [9.17, 15) is 4.79 Å². The van der Waals surface area contributed by atoms with Crippen LogP contribution in [0.1, 0.15) is 39.7 Å². The molecule has 0 aliphatic rings. The van der Waals surface area contributed by atoms with E-state index in [0.717, 1.165) is 12.8 Å². The number of nitrogens with one attached hydrogen (secondary N) is 2. The summed E-state index contributed by atoms with van der Waals surface area (Å²) < 4.78 is 0. The van der Waals surface area contributed by atoms with E-state index in [1.54, 1.807) is 7.05 Å². The van der Waals surface area contributed by atoms with Crippen molar-refractivity contribution in [2.24, 2.45) is 0 Å². The number of rotatable bonds is 6. The Balaban J connectivity index is 2.55. The van der Waals surface area contributed by atoms with Crippen molar-refractivity contribution >= 4 is 5.91 Å². The van der Waals surface area contributed by atoms with Gasteiger partial charge in [0, 0.05) is 5.54 Å². The highest BCUT2D eigenvalue weighted by Gasteiger charge is 2.30. The van der Waals surface area contributed by atoms with Crippen LogP contribution in [0.4, 0.5) is 0 Å². The molecule has 3 heteroatoms. The predicted octanol–water partition coefficient (Wildman–Crippen LogP) is 2.51. The Morgan fingerprint density at radius 2 is 1.68 bits per heavy atom. The molecule has 1 rings (SSSR count). The lowest BCUT2D eigenvalue weighted by molar-refractivity contribution is -0.128. The zero-order chi connectivity index (χ0) is 14.5. The zero-order valence-electron chi connectivity index (χ0n) is 12.7. The minimum absolute atomic E-state index is 0.0352. The number of benzene rings is 1. The summed E-state index contributed by atoms with van der Waals surface area (Å²) in [6, 6.07) is 10.4. The van der Waals surface area contributed by atoms with Crippen LogP contribution in [0.2, 0.25) is 0 Å². The second-order valence-corrected chi connectivity index (χ2v) is 6.20. The summed E-state index contributed by atoms with van der Waals surface area (Å²) >= 11 is 0. The molecule has 3 nitrogen and oxygen atoms in total. The first kappa shape index (κ1) is 15.7. The Morgan fingerprint density at radius 3 is 2.21 bits per heavy atom. The predicted molar refractivity (Wildman–Crippen MR) is 80.1 cm³/mol. The largest absolute Gasteiger partial charge is 0.350 e. The third kappa shape index (κ3) is 5.03. The molecule has 2 N–H and O–H groups in total. The number of carbonyl (C=O) groups excluding carboxylic acids is 1.